The van der Waals surface area contributed by atoms with Gasteiger partial charge in [0.2, 0.25) is 0 Å². The Labute approximate surface area is 197 Å². The number of fused-ring (bicyclic) bond motifs is 1. The maximum absolute atomic E-state index is 14.3. The Morgan fingerprint density at radius 2 is 1.88 bits per heavy atom. The Kier molecular flexibility index (Phi) is 8.02. The van der Waals surface area contributed by atoms with Gasteiger partial charge in [-0.2, -0.15) is 0 Å². The molecule has 3 aromatic carbocycles. The molecule has 0 saturated carbocycles. The highest BCUT2D eigenvalue weighted by Gasteiger charge is 2.27. The zero-order chi connectivity index (χ0) is 23.2. The number of hydrogen-bond donors (Lipinski definition) is 1. The molecule has 0 spiro atoms. The lowest BCUT2D eigenvalue weighted by Crippen LogP contribution is -2.44. The van der Waals surface area contributed by atoms with Gasteiger partial charge in [0.05, 0.1) is 0 Å². The molecule has 0 aromatic heterocycles. The lowest BCUT2D eigenvalue weighted by molar-refractivity contribution is 0.169. The van der Waals surface area contributed by atoms with Crippen LogP contribution in [-0.4, -0.2) is 37.3 Å². The lowest BCUT2D eigenvalue weighted by atomic mass is 9.90. The van der Waals surface area contributed by atoms with E-state index >= 15 is 0 Å². The van der Waals surface area contributed by atoms with E-state index in [-0.39, 0.29) is 28.4 Å². The molecule has 0 aliphatic carbocycles. The van der Waals surface area contributed by atoms with E-state index < -0.39 is 0 Å². The summed E-state index contributed by atoms with van der Waals surface area (Å²) in [7, 11) is 1.78. The molecular weight excluding hydrogens is 436 g/mol. The minimum Gasteiger partial charge on any atom is -0.311 e. The SMILES string of the molecule is CN=S(C)c1cccc(CNCCN2Cc3ccc(F)cc3CC2Cc2ccccc2F)c1. The molecule has 1 aliphatic rings. The van der Waals surface area contributed by atoms with Gasteiger partial charge in [0.1, 0.15) is 11.6 Å². The molecule has 2 atom stereocenters. The Bertz CT molecular complexity index is 1130. The van der Waals surface area contributed by atoms with Crippen LogP contribution < -0.4 is 5.32 Å². The molecule has 0 bridgehead atoms. The van der Waals surface area contributed by atoms with Crippen LogP contribution in [-0.2, 0) is 36.6 Å². The van der Waals surface area contributed by atoms with Crippen molar-refractivity contribution in [3.8, 4) is 0 Å². The molecule has 1 aliphatic heterocycles. The van der Waals surface area contributed by atoms with E-state index in [0.717, 1.165) is 43.7 Å². The van der Waals surface area contributed by atoms with Gasteiger partial charge in [0, 0.05) is 44.2 Å². The first kappa shape index (κ1) is 23.7. The van der Waals surface area contributed by atoms with Crippen molar-refractivity contribution < 1.29 is 8.78 Å². The molecule has 6 heteroatoms. The highest BCUT2D eigenvalue weighted by Crippen LogP contribution is 2.26. The summed E-state index contributed by atoms with van der Waals surface area (Å²) in [6.07, 6.45) is 3.47. The monoisotopic (exact) mass is 467 g/mol. The average molecular weight is 468 g/mol. The standard InChI is InChI=1S/C27H31F2N3S/c1-30-33(2)26-8-5-6-20(14-26)18-31-12-13-32-19-22-10-11-24(28)15-23(22)17-25(32)16-21-7-3-4-9-27(21)29/h3-11,14-15,25,31H,12-13,16-19H2,1-2H3. The maximum atomic E-state index is 14.3. The van der Waals surface area contributed by atoms with Gasteiger partial charge in [-0.3, -0.25) is 9.26 Å². The summed E-state index contributed by atoms with van der Waals surface area (Å²) in [6.45, 7) is 3.22. The van der Waals surface area contributed by atoms with Crippen LogP contribution >= 0.6 is 0 Å². The van der Waals surface area contributed by atoms with Crippen molar-refractivity contribution in [2.75, 3.05) is 26.4 Å². The van der Waals surface area contributed by atoms with Gasteiger partial charge < -0.3 is 5.32 Å². The van der Waals surface area contributed by atoms with Crippen LogP contribution in [0.5, 0.6) is 0 Å². The van der Waals surface area contributed by atoms with Gasteiger partial charge in [-0.15, -0.1) is 0 Å². The van der Waals surface area contributed by atoms with Gasteiger partial charge in [0.25, 0.3) is 0 Å². The summed E-state index contributed by atoms with van der Waals surface area (Å²) >= 11 is 0. The smallest absolute Gasteiger partial charge is 0.126 e. The first-order valence-electron chi connectivity index (χ1n) is 11.3. The van der Waals surface area contributed by atoms with Crippen molar-refractivity contribution in [3.05, 3.63) is 101 Å². The molecule has 4 rings (SSSR count). The predicted octanol–water partition coefficient (Wildman–Crippen LogP) is 5.14. The van der Waals surface area contributed by atoms with E-state index in [1.165, 1.54) is 22.6 Å². The quantitative estimate of drug-likeness (QED) is 0.464. The van der Waals surface area contributed by atoms with Gasteiger partial charge in [0.15, 0.2) is 0 Å². The third-order valence-electron chi connectivity index (χ3n) is 6.35. The number of nitrogens with zero attached hydrogens (tertiary/aromatic N) is 2. The summed E-state index contributed by atoms with van der Waals surface area (Å²) in [5.41, 5.74) is 4.16. The molecule has 1 heterocycles. The van der Waals surface area contributed by atoms with Crippen LogP contribution in [0.15, 0.2) is 76.0 Å². The topological polar surface area (TPSA) is 27.6 Å². The zero-order valence-corrected chi connectivity index (χ0v) is 20.0. The normalized spacial score (nSPS) is 17.2. The van der Waals surface area contributed by atoms with Crippen molar-refractivity contribution in [1.29, 1.82) is 0 Å². The molecule has 33 heavy (non-hydrogen) atoms. The van der Waals surface area contributed by atoms with Crippen molar-refractivity contribution in [2.45, 2.75) is 36.9 Å². The van der Waals surface area contributed by atoms with Gasteiger partial charge >= 0.3 is 0 Å². The van der Waals surface area contributed by atoms with Gasteiger partial charge in [-0.25, -0.2) is 8.78 Å². The number of hydrogen-bond acceptors (Lipinski definition) is 3. The van der Waals surface area contributed by atoms with E-state index in [9.17, 15) is 8.78 Å². The van der Waals surface area contributed by atoms with E-state index in [4.69, 9.17) is 0 Å². The van der Waals surface area contributed by atoms with Crippen LogP contribution in [0.25, 0.3) is 0 Å². The molecule has 0 saturated heterocycles. The van der Waals surface area contributed by atoms with Crippen LogP contribution in [0.1, 0.15) is 22.3 Å². The first-order chi connectivity index (χ1) is 16.0. The lowest BCUT2D eigenvalue weighted by Gasteiger charge is -2.37. The van der Waals surface area contributed by atoms with E-state index in [2.05, 4.69) is 45.1 Å². The molecule has 0 fully saturated rings. The molecule has 1 N–H and O–H groups in total. The van der Waals surface area contributed by atoms with Crippen molar-refractivity contribution in [1.82, 2.24) is 10.2 Å². The van der Waals surface area contributed by atoms with Gasteiger partial charge in [-0.05, 0) is 71.7 Å². The molecule has 0 amide bonds. The number of halogens is 2. The highest BCUT2D eigenvalue weighted by molar-refractivity contribution is 7.86. The van der Waals surface area contributed by atoms with Crippen molar-refractivity contribution in [3.63, 3.8) is 0 Å². The van der Waals surface area contributed by atoms with E-state index in [1.807, 2.05) is 25.2 Å². The zero-order valence-electron chi connectivity index (χ0n) is 19.2. The predicted molar refractivity (Wildman–Crippen MR) is 132 cm³/mol. The van der Waals surface area contributed by atoms with Gasteiger partial charge in [-0.1, -0.05) is 47.1 Å². The Balaban J connectivity index is 1.41. The van der Waals surface area contributed by atoms with Crippen molar-refractivity contribution >= 4 is 10.7 Å². The molecule has 3 nitrogen and oxygen atoms in total. The third kappa shape index (κ3) is 6.14. The minimum absolute atomic E-state index is 0.0793. The summed E-state index contributed by atoms with van der Waals surface area (Å²) < 4.78 is 32.6. The maximum Gasteiger partial charge on any atom is 0.126 e. The second-order valence-corrected chi connectivity index (χ2v) is 10.3. The highest BCUT2D eigenvalue weighted by atomic mass is 32.2. The second kappa shape index (κ2) is 11.1. The fourth-order valence-electron chi connectivity index (χ4n) is 4.45. The summed E-state index contributed by atoms with van der Waals surface area (Å²) in [5.74, 6) is -0.379. The molecule has 2 unspecified atom stereocenters. The Morgan fingerprint density at radius 1 is 1.03 bits per heavy atom. The van der Waals surface area contributed by atoms with E-state index in [1.54, 1.807) is 12.1 Å². The summed E-state index contributed by atoms with van der Waals surface area (Å²) in [4.78, 5) is 3.65. The Morgan fingerprint density at radius 3 is 2.70 bits per heavy atom. The number of benzene rings is 3. The number of nitrogens with one attached hydrogen (secondary N) is 1. The molecule has 174 valence electrons. The molecule has 3 aromatic rings. The summed E-state index contributed by atoms with van der Waals surface area (Å²) in [6, 6.07) is 20.7. The average Bonchev–Trinajstić information content (AvgIpc) is 2.83. The fourth-order valence-corrected chi connectivity index (χ4v) is 5.26. The van der Waals surface area contributed by atoms with Crippen LogP contribution in [0.3, 0.4) is 0 Å². The minimum atomic E-state index is -0.207. The van der Waals surface area contributed by atoms with Crippen LogP contribution in [0.2, 0.25) is 0 Å². The van der Waals surface area contributed by atoms with Crippen LogP contribution in [0, 0.1) is 11.6 Å². The fraction of sp³-hybridized carbons (Fsp3) is 0.333. The second-order valence-electron chi connectivity index (χ2n) is 8.52. The van der Waals surface area contributed by atoms with E-state index in [0.29, 0.717) is 12.0 Å². The van der Waals surface area contributed by atoms with Crippen molar-refractivity contribution in [2.24, 2.45) is 4.36 Å². The largest absolute Gasteiger partial charge is 0.311 e. The first-order valence-corrected chi connectivity index (χ1v) is 12.9. The number of rotatable bonds is 8. The Hall–Kier alpha value is -2.41. The summed E-state index contributed by atoms with van der Waals surface area (Å²) in [5, 5.41) is 3.56. The third-order valence-corrected chi connectivity index (χ3v) is 7.83. The molecular formula is C27H31F2N3S. The molecule has 0 radical (unpaired) electrons. The van der Waals surface area contributed by atoms with Crippen LogP contribution in [0.4, 0.5) is 8.78 Å².